The first-order valence-electron chi connectivity index (χ1n) is 24.8. The highest BCUT2D eigenvalue weighted by atomic mass is 16.6. The van der Waals surface area contributed by atoms with Crippen LogP contribution in [0.5, 0.6) is 0 Å². The quantitative estimate of drug-likeness (QED) is 0.0571. The topological polar surface area (TPSA) is 247 Å². The fourth-order valence-corrected chi connectivity index (χ4v) is 5.28. The molecule has 0 saturated heterocycles. The Morgan fingerprint density at radius 3 is 1.04 bits per heavy atom. The monoisotopic (exact) mass is 1070 g/mol. The molecule has 0 unspecified atom stereocenters. The predicted octanol–water partition coefficient (Wildman–Crippen LogP) is 8.23. The summed E-state index contributed by atoms with van der Waals surface area (Å²) in [4.78, 5) is 37.6. The van der Waals surface area contributed by atoms with E-state index in [0.717, 1.165) is 28.8 Å². The maximum atomic E-state index is 11.5. The first-order chi connectivity index (χ1) is 38.6. The number of aliphatic hydroxyl groups is 2. The lowest BCUT2D eigenvalue weighted by Crippen LogP contribution is -2.23. The molecule has 0 atom stereocenters. The lowest BCUT2D eigenvalue weighted by Gasteiger charge is -2.05. The third kappa shape index (κ3) is 39.8. The van der Waals surface area contributed by atoms with Gasteiger partial charge in [0.25, 0.3) is 0 Å². The fourth-order valence-electron chi connectivity index (χ4n) is 5.28. The summed E-state index contributed by atoms with van der Waals surface area (Å²) in [5.74, 6) is 20.4. The fraction of sp³-hybridized carbons (Fsp3) is 0.238. The third-order valence-electron chi connectivity index (χ3n) is 9.33. The first-order valence-corrected chi connectivity index (χ1v) is 24.8. The Balaban J connectivity index is 0.000000918. The molecule has 0 aliphatic rings. The minimum absolute atomic E-state index is 0.0174. The molecular weight excluding hydrogens is 995 g/mol. The summed E-state index contributed by atoms with van der Waals surface area (Å²) in [5.41, 5.74) is 23.0. The Morgan fingerprint density at radius 1 is 0.468 bits per heavy atom. The number of hydrogen-bond donors (Lipinski definition) is 8. The van der Waals surface area contributed by atoms with Crippen LogP contribution in [-0.2, 0) is 48.7 Å². The molecule has 16 nitrogen and oxygen atoms in total. The van der Waals surface area contributed by atoms with Crippen LogP contribution in [0.25, 0.3) is 0 Å². The van der Waals surface area contributed by atoms with Crippen molar-refractivity contribution in [3.8, 4) is 47.4 Å². The molecule has 2 aromatic heterocycles. The highest BCUT2D eigenvalue weighted by Crippen LogP contribution is 2.05. The summed E-state index contributed by atoms with van der Waals surface area (Å²) in [6.07, 6.45) is 7.13. The summed E-state index contributed by atoms with van der Waals surface area (Å²) in [5, 5.41) is 24.1. The SMILES string of the molecule is CC#CCO.CC#CCO.CC#CCOC(=O)NCc1ccc(CN)cc1.CC#CCOC(=O)NCc1ccc(CN)cc1.CNCc1ccc(CN)cc1.O=C(n1cccc1)n1ccnc1.c1ccccc1.c1ccccc1. The van der Waals surface area contributed by atoms with Crippen molar-refractivity contribution in [2.45, 2.75) is 67.0 Å². The molecule has 7 aromatic rings. The largest absolute Gasteiger partial charge is 0.436 e. The maximum absolute atomic E-state index is 11.5. The second-order valence-electron chi connectivity index (χ2n) is 15.1. The van der Waals surface area contributed by atoms with E-state index in [1.54, 1.807) is 64.6 Å². The van der Waals surface area contributed by atoms with Crippen molar-refractivity contribution in [1.82, 2.24) is 30.1 Å². The number of hydrogen-bond acceptors (Lipinski definition) is 12. The van der Waals surface area contributed by atoms with Crippen molar-refractivity contribution >= 4 is 18.2 Å². The summed E-state index contributed by atoms with van der Waals surface area (Å²) in [6.45, 7) is 10.4. The van der Waals surface area contributed by atoms with E-state index >= 15 is 0 Å². The lowest BCUT2D eigenvalue weighted by atomic mass is 10.1. The third-order valence-corrected chi connectivity index (χ3v) is 9.33. The summed E-state index contributed by atoms with van der Waals surface area (Å²) in [6, 6.07) is 51.2. The molecule has 0 aliphatic heterocycles. The number of benzene rings is 5. The minimum atomic E-state index is -0.462. The van der Waals surface area contributed by atoms with Crippen LogP contribution in [0.2, 0.25) is 0 Å². The van der Waals surface area contributed by atoms with Gasteiger partial charge in [0.15, 0.2) is 13.2 Å². The van der Waals surface area contributed by atoms with Gasteiger partial charge >= 0.3 is 18.2 Å². The minimum Gasteiger partial charge on any atom is -0.436 e. The van der Waals surface area contributed by atoms with E-state index in [9.17, 15) is 14.4 Å². The van der Waals surface area contributed by atoms with E-state index in [1.807, 2.05) is 128 Å². The Bertz CT molecular complexity index is 2600. The molecule has 2 heterocycles. The van der Waals surface area contributed by atoms with Crippen molar-refractivity contribution in [2.75, 3.05) is 33.5 Å². The Morgan fingerprint density at radius 2 is 0.785 bits per heavy atom. The number of carbonyl (C=O) groups is 3. The Kier molecular flexibility index (Phi) is 45.0. The molecule has 0 spiro atoms. The van der Waals surface area contributed by atoms with Gasteiger partial charge in [0, 0.05) is 64.1 Å². The Labute approximate surface area is 467 Å². The molecule has 0 saturated carbocycles. The lowest BCUT2D eigenvalue weighted by molar-refractivity contribution is 0.158. The predicted molar refractivity (Wildman–Crippen MR) is 316 cm³/mol. The summed E-state index contributed by atoms with van der Waals surface area (Å²) in [7, 11) is 1.94. The molecule has 2 amide bonds. The van der Waals surface area contributed by atoms with E-state index in [4.69, 9.17) is 36.9 Å². The number of nitrogens with two attached hydrogens (primary N) is 3. The molecule has 0 radical (unpaired) electrons. The van der Waals surface area contributed by atoms with Crippen LogP contribution in [0.3, 0.4) is 0 Å². The highest BCUT2D eigenvalue weighted by molar-refractivity contribution is 5.78. The van der Waals surface area contributed by atoms with Crippen LogP contribution in [0.1, 0.15) is 61.1 Å². The van der Waals surface area contributed by atoms with Crippen LogP contribution >= 0.6 is 0 Å². The van der Waals surface area contributed by atoms with E-state index in [-0.39, 0.29) is 32.5 Å². The zero-order chi connectivity index (χ0) is 58.2. The van der Waals surface area contributed by atoms with Crippen molar-refractivity contribution in [2.24, 2.45) is 17.2 Å². The number of rotatable bonds is 11. The number of nitrogens with one attached hydrogen (secondary N) is 3. The van der Waals surface area contributed by atoms with Gasteiger partial charge in [-0.05, 0) is 80.3 Å². The maximum Gasteiger partial charge on any atom is 0.408 e. The van der Waals surface area contributed by atoms with Crippen LogP contribution in [0.4, 0.5) is 14.4 Å². The second-order valence-corrected chi connectivity index (χ2v) is 15.1. The van der Waals surface area contributed by atoms with Gasteiger partial charge in [-0.1, -0.05) is 169 Å². The van der Waals surface area contributed by atoms with Gasteiger partial charge in [0.05, 0.1) is 0 Å². The number of carbonyl (C=O) groups excluding carboxylic acids is 3. The molecule has 11 N–H and O–H groups in total. The molecule has 0 aliphatic carbocycles. The molecule has 0 bridgehead atoms. The normalized spacial score (nSPS) is 8.68. The molecule has 5 aromatic carbocycles. The van der Waals surface area contributed by atoms with Gasteiger partial charge in [0.2, 0.25) is 0 Å². The van der Waals surface area contributed by atoms with Crippen molar-refractivity contribution in [1.29, 1.82) is 0 Å². The van der Waals surface area contributed by atoms with Gasteiger partial charge in [-0.2, -0.15) is 0 Å². The number of aliphatic hydroxyl groups excluding tert-OH is 2. The van der Waals surface area contributed by atoms with Gasteiger partial charge in [-0.3, -0.25) is 9.13 Å². The van der Waals surface area contributed by atoms with Crippen LogP contribution in [0, 0.1) is 47.4 Å². The standard InChI is InChI=1S/2C13H16N2O2.C9H14N2.C8H7N3O.2C6H6.2C4H6O/c2*1-2-3-8-17-13(16)15-10-12-6-4-11(9-14)5-7-12;1-11-7-9-4-2-8(6-10)3-5-9;12-8(10-4-1-2-5-10)11-6-3-9-7-11;2*1-2-4-6-5-3-1;2*1-2-3-4-5/h2*4-7H,8-10,14H2,1H3,(H,15,16);2-5,11H,6-7,10H2,1H3;1-7H;2*1-6H;2*5H,4H2,1H3. The number of nitrogens with zero attached hydrogens (tertiary/aromatic N) is 3. The average Bonchev–Trinajstić information content (AvgIpc) is 4.27. The van der Waals surface area contributed by atoms with Crippen molar-refractivity contribution in [3.05, 3.63) is 222 Å². The van der Waals surface area contributed by atoms with E-state index in [0.29, 0.717) is 32.7 Å². The van der Waals surface area contributed by atoms with Crippen molar-refractivity contribution < 1.29 is 34.1 Å². The number of imidazole rings is 1. The molecular formula is C63H77N9O7. The second kappa shape index (κ2) is 50.9. The van der Waals surface area contributed by atoms with Crippen LogP contribution in [0.15, 0.2) is 189 Å². The van der Waals surface area contributed by atoms with Gasteiger partial charge in [-0.15, -0.1) is 23.7 Å². The molecule has 79 heavy (non-hydrogen) atoms. The van der Waals surface area contributed by atoms with Crippen molar-refractivity contribution in [3.63, 3.8) is 0 Å². The molecule has 16 heteroatoms. The van der Waals surface area contributed by atoms with E-state index in [2.05, 4.69) is 92.6 Å². The number of aromatic nitrogens is 3. The van der Waals surface area contributed by atoms with E-state index < -0.39 is 12.2 Å². The van der Waals surface area contributed by atoms with Gasteiger partial charge < -0.3 is 52.8 Å². The first kappa shape index (κ1) is 69.8. The number of alkyl carbamates (subject to hydrolysis) is 2. The van der Waals surface area contributed by atoms with Crippen LogP contribution in [-0.4, -0.2) is 76.0 Å². The zero-order valence-corrected chi connectivity index (χ0v) is 46.0. The molecule has 0 fully saturated rings. The average molecular weight is 1070 g/mol. The number of amides is 2. The summed E-state index contributed by atoms with van der Waals surface area (Å²) >= 11 is 0. The van der Waals surface area contributed by atoms with Crippen LogP contribution < -0.4 is 33.2 Å². The molecule has 7 rings (SSSR count). The Hall–Kier alpha value is -9.20. The number of ether oxygens (including phenoxy) is 2. The zero-order valence-electron chi connectivity index (χ0n) is 46.0. The van der Waals surface area contributed by atoms with Gasteiger partial charge in [0.1, 0.15) is 19.5 Å². The highest BCUT2D eigenvalue weighted by Gasteiger charge is 2.04. The molecule has 416 valence electrons. The summed E-state index contributed by atoms with van der Waals surface area (Å²) < 4.78 is 12.5. The van der Waals surface area contributed by atoms with E-state index in [1.165, 1.54) is 26.6 Å². The van der Waals surface area contributed by atoms with Gasteiger partial charge in [-0.25, -0.2) is 19.4 Å². The smallest absolute Gasteiger partial charge is 0.408 e.